The lowest BCUT2D eigenvalue weighted by Gasteiger charge is -2.35. The van der Waals surface area contributed by atoms with Gasteiger partial charge in [-0.1, -0.05) is 0 Å². The van der Waals surface area contributed by atoms with Gasteiger partial charge in [0.15, 0.2) is 0 Å². The summed E-state index contributed by atoms with van der Waals surface area (Å²) < 4.78 is 2.15. The van der Waals surface area contributed by atoms with E-state index in [9.17, 15) is 9.59 Å². The summed E-state index contributed by atoms with van der Waals surface area (Å²) in [7, 11) is 0. The molecule has 3 rings (SSSR count). The molecule has 2 amide bonds. The molecule has 2 saturated heterocycles. The Bertz CT molecular complexity index is 537. The van der Waals surface area contributed by atoms with Crippen molar-refractivity contribution in [1.29, 1.82) is 0 Å². The van der Waals surface area contributed by atoms with E-state index in [0.29, 0.717) is 19.1 Å². The molecule has 0 aliphatic carbocycles. The van der Waals surface area contributed by atoms with Gasteiger partial charge >= 0.3 is 0 Å². The SMILES string of the molecule is NC(=O)C1CCCN(C(=O)CN2CCC(n3ccnc3)CC2)C1. The minimum atomic E-state index is -0.288. The molecule has 2 N–H and O–H groups in total. The van der Waals surface area contributed by atoms with E-state index < -0.39 is 0 Å². The third-order valence-electron chi connectivity index (χ3n) is 5.04. The molecule has 0 spiro atoms. The van der Waals surface area contributed by atoms with Crippen molar-refractivity contribution in [2.45, 2.75) is 31.7 Å². The summed E-state index contributed by atoms with van der Waals surface area (Å²) in [6.07, 6.45) is 9.41. The predicted octanol–water partition coefficient (Wildman–Crippen LogP) is 0.244. The van der Waals surface area contributed by atoms with Gasteiger partial charge in [-0.05, 0) is 25.7 Å². The molecule has 0 radical (unpaired) electrons. The molecule has 3 heterocycles. The Labute approximate surface area is 136 Å². The highest BCUT2D eigenvalue weighted by molar-refractivity contribution is 5.81. The van der Waals surface area contributed by atoms with E-state index in [0.717, 1.165) is 45.3 Å². The van der Waals surface area contributed by atoms with E-state index in [1.807, 2.05) is 12.5 Å². The number of hydrogen-bond acceptors (Lipinski definition) is 4. The number of carbonyl (C=O) groups is 2. The van der Waals surface area contributed by atoms with Gasteiger partial charge in [-0.15, -0.1) is 0 Å². The zero-order valence-electron chi connectivity index (χ0n) is 13.4. The van der Waals surface area contributed by atoms with Gasteiger partial charge in [0.1, 0.15) is 0 Å². The molecule has 23 heavy (non-hydrogen) atoms. The maximum absolute atomic E-state index is 12.5. The highest BCUT2D eigenvalue weighted by atomic mass is 16.2. The van der Waals surface area contributed by atoms with Crippen LogP contribution in [0.2, 0.25) is 0 Å². The third kappa shape index (κ3) is 3.90. The maximum atomic E-state index is 12.5. The molecule has 2 aliphatic heterocycles. The van der Waals surface area contributed by atoms with E-state index in [4.69, 9.17) is 5.73 Å². The van der Waals surface area contributed by atoms with Gasteiger partial charge in [0, 0.05) is 44.6 Å². The first-order valence-electron chi connectivity index (χ1n) is 8.40. The standard InChI is InChI=1S/C16H25N5O2/c17-16(23)13-2-1-6-20(10-13)15(22)11-19-7-3-14(4-8-19)21-9-5-18-12-21/h5,9,12-14H,1-4,6-8,10-11H2,(H2,17,23). The Hall–Kier alpha value is -1.89. The molecule has 7 heteroatoms. The summed E-state index contributed by atoms with van der Waals surface area (Å²) in [4.78, 5) is 31.9. The molecule has 0 bridgehead atoms. The maximum Gasteiger partial charge on any atom is 0.236 e. The fraction of sp³-hybridized carbons (Fsp3) is 0.688. The molecule has 0 aromatic carbocycles. The van der Waals surface area contributed by atoms with E-state index in [1.54, 1.807) is 11.1 Å². The topological polar surface area (TPSA) is 84.5 Å². The van der Waals surface area contributed by atoms with E-state index in [1.165, 1.54) is 0 Å². The van der Waals surface area contributed by atoms with Crippen LogP contribution in [0.25, 0.3) is 0 Å². The summed E-state index contributed by atoms with van der Waals surface area (Å²) in [5.74, 6) is -0.347. The quantitative estimate of drug-likeness (QED) is 0.862. The van der Waals surface area contributed by atoms with Crippen molar-refractivity contribution in [2.75, 3.05) is 32.7 Å². The largest absolute Gasteiger partial charge is 0.369 e. The Morgan fingerprint density at radius 1 is 1.17 bits per heavy atom. The lowest BCUT2D eigenvalue weighted by molar-refractivity contribution is -0.136. The van der Waals surface area contributed by atoms with Gasteiger partial charge in [-0.3, -0.25) is 14.5 Å². The van der Waals surface area contributed by atoms with Crippen LogP contribution in [0.3, 0.4) is 0 Å². The number of likely N-dealkylation sites (tertiary alicyclic amines) is 2. The summed E-state index contributed by atoms with van der Waals surface area (Å²) in [5.41, 5.74) is 5.38. The number of carbonyl (C=O) groups excluding carboxylic acids is 2. The van der Waals surface area contributed by atoms with Crippen LogP contribution in [0.1, 0.15) is 31.7 Å². The molecule has 2 aliphatic rings. The van der Waals surface area contributed by atoms with Crippen LogP contribution >= 0.6 is 0 Å². The molecule has 126 valence electrons. The Morgan fingerprint density at radius 2 is 1.96 bits per heavy atom. The van der Waals surface area contributed by atoms with Crippen LogP contribution < -0.4 is 5.73 Å². The minimum absolute atomic E-state index is 0.122. The van der Waals surface area contributed by atoms with Crippen molar-refractivity contribution >= 4 is 11.8 Å². The van der Waals surface area contributed by atoms with Crippen LogP contribution in [0, 0.1) is 5.92 Å². The number of rotatable bonds is 4. The number of aromatic nitrogens is 2. The number of nitrogens with zero attached hydrogens (tertiary/aromatic N) is 4. The van der Waals surface area contributed by atoms with Crippen molar-refractivity contribution in [2.24, 2.45) is 11.7 Å². The highest BCUT2D eigenvalue weighted by Gasteiger charge is 2.29. The first kappa shape index (κ1) is 16.0. The molecule has 1 aromatic heterocycles. The zero-order chi connectivity index (χ0) is 16.2. The fourth-order valence-corrected chi connectivity index (χ4v) is 3.59. The lowest BCUT2D eigenvalue weighted by atomic mass is 9.97. The second-order valence-corrected chi connectivity index (χ2v) is 6.60. The van der Waals surface area contributed by atoms with Crippen molar-refractivity contribution in [1.82, 2.24) is 19.4 Å². The smallest absolute Gasteiger partial charge is 0.236 e. The van der Waals surface area contributed by atoms with Gasteiger partial charge in [0.25, 0.3) is 0 Å². The van der Waals surface area contributed by atoms with Crippen LogP contribution in [0.5, 0.6) is 0 Å². The molecule has 1 aromatic rings. The van der Waals surface area contributed by atoms with Crippen LogP contribution in [-0.4, -0.2) is 63.9 Å². The normalized spacial score (nSPS) is 23.8. The third-order valence-corrected chi connectivity index (χ3v) is 5.04. The van der Waals surface area contributed by atoms with Crippen molar-refractivity contribution in [3.05, 3.63) is 18.7 Å². The second-order valence-electron chi connectivity index (χ2n) is 6.60. The summed E-state index contributed by atoms with van der Waals surface area (Å²) in [6.45, 7) is 3.51. The Balaban J connectivity index is 1.46. The molecule has 2 fully saturated rings. The number of primary amides is 1. The molecule has 1 unspecified atom stereocenters. The van der Waals surface area contributed by atoms with Gasteiger partial charge in [-0.25, -0.2) is 4.98 Å². The van der Waals surface area contributed by atoms with Gasteiger partial charge in [-0.2, -0.15) is 0 Å². The number of imidazole rings is 1. The molecule has 0 saturated carbocycles. The van der Waals surface area contributed by atoms with Crippen LogP contribution in [0.15, 0.2) is 18.7 Å². The molecular weight excluding hydrogens is 294 g/mol. The van der Waals surface area contributed by atoms with E-state index in [2.05, 4.69) is 14.5 Å². The predicted molar refractivity (Wildman–Crippen MR) is 85.4 cm³/mol. The van der Waals surface area contributed by atoms with Gasteiger partial charge in [0.05, 0.1) is 18.8 Å². The van der Waals surface area contributed by atoms with E-state index >= 15 is 0 Å². The summed E-state index contributed by atoms with van der Waals surface area (Å²) in [6, 6.07) is 0.484. The summed E-state index contributed by atoms with van der Waals surface area (Å²) in [5, 5.41) is 0. The summed E-state index contributed by atoms with van der Waals surface area (Å²) >= 11 is 0. The number of amides is 2. The number of piperidine rings is 2. The Kier molecular flexibility index (Phi) is 4.95. The average Bonchev–Trinajstić information content (AvgIpc) is 3.10. The Morgan fingerprint density at radius 3 is 2.61 bits per heavy atom. The fourth-order valence-electron chi connectivity index (χ4n) is 3.59. The minimum Gasteiger partial charge on any atom is -0.369 e. The van der Waals surface area contributed by atoms with Crippen LogP contribution in [0.4, 0.5) is 0 Å². The molecular formula is C16H25N5O2. The van der Waals surface area contributed by atoms with E-state index in [-0.39, 0.29) is 17.7 Å². The first-order chi connectivity index (χ1) is 11.1. The monoisotopic (exact) mass is 319 g/mol. The van der Waals surface area contributed by atoms with Crippen LogP contribution in [-0.2, 0) is 9.59 Å². The molecule has 7 nitrogen and oxygen atoms in total. The second kappa shape index (κ2) is 7.12. The lowest BCUT2D eigenvalue weighted by Crippen LogP contribution is -2.48. The van der Waals surface area contributed by atoms with Crippen molar-refractivity contribution in [3.63, 3.8) is 0 Å². The highest BCUT2D eigenvalue weighted by Crippen LogP contribution is 2.22. The number of hydrogen-bond donors (Lipinski definition) is 1. The van der Waals surface area contributed by atoms with Gasteiger partial charge < -0.3 is 15.2 Å². The van der Waals surface area contributed by atoms with Gasteiger partial charge in [0.2, 0.25) is 11.8 Å². The zero-order valence-corrected chi connectivity index (χ0v) is 13.4. The van der Waals surface area contributed by atoms with Crippen molar-refractivity contribution in [3.8, 4) is 0 Å². The average molecular weight is 319 g/mol. The first-order valence-corrected chi connectivity index (χ1v) is 8.40. The van der Waals surface area contributed by atoms with Crippen molar-refractivity contribution < 1.29 is 9.59 Å². The number of nitrogens with two attached hydrogens (primary N) is 1. The molecule has 1 atom stereocenters.